The Kier molecular flexibility index (Phi) is 4.84. The second-order valence-corrected chi connectivity index (χ2v) is 3.99. The standard InChI is InChI=1S/C6H13NO4S/c1-7-6(8)4-2-3-5-12(9,10)11/h2-5H2,1H3,(H,7,8)(H,9,10,11). The molecule has 0 aromatic rings. The van der Waals surface area contributed by atoms with E-state index in [4.69, 9.17) is 4.55 Å². The van der Waals surface area contributed by atoms with Crippen molar-refractivity contribution < 1.29 is 17.8 Å². The zero-order valence-corrected chi connectivity index (χ0v) is 7.73. The summed E-state index contributed by atoms with van der Waals surface area (Å²) in [5, 5.41) is 2.41. The van der Waals surface area contributed by atoms with E-state index in [9.17, 15) is 13.2 Å². The number of amides is 1. The molecule has 0 atom stereocenters. The summed E-state index contributed by atoms with van der Waals surface area (Å²) in [6, 6.07) is 0. The van der Waals surface area contributed by atoms with E-state index in [1.807, 2.05) is 0 Å². The molecule has 0 saturated heterocycles. The van der Waals surface area contributed by atoms with Gasteiger partial charge in [0.25, 0.3) is 10.1 Å². The molecule has 72 valence electrons. The van der Waals surface area contributed by atoms with E-state index < -0.39 is 10.1 Å². The Morgan fingerprint density at radius 3 is 2.42 bits per heavy atom. The van der Waals surface area contributed by atoms with Crippen molar-refractivity contribution in [1.82, 2.24) is 5.32 Å². The minimum atomic E-state index is -3.86. The van der Waals surface area contributed by atoms with Crippen LogP contribution in [-0.4, -0.2) is 31.7 Å². The second kappa shape index (κ2) is 5.10. The first-order valence-electron chi connectivity index (χ1n) is 3.61. The van der Waals surface area contributed by atoms with Crippen LogP contribution in [0.1, 0.15) is 19.3 Å². The molecule has 0 saturated carbocycles. The highest BCUT2D eigenvalue weighted by molar-refractivity contribution is 7.85. The first kappa shape index (κ1) is 11.4. The van der Waals surface area contributed by atoms with E-state index in [2.05, 4.69) is 5.32 Å². The molecule has 0 aliphatic rings. The molecule has 5 nitrogen and oxygen atoms in total. The van der Waals surface area contributed by atoms with Crippen LogP contribution >= 0.6 is 0 Å². The second-order valence-electron chi connectivity index (χ2n) is 2.42. The highest BCUT2D eigenvalue weighted by Gasteiger charge is 2.04. The maximum absolute atomic E-state index is 10.6. The molecule has 6 heteroatoms. The number of hydrogen-bond donors (Lipinski definition) is 2. The smallest absolute Gasteiger partial charge is 0.264 e. The summed E-state index contributed by atoms with van der Waals surface area (Å²) in [6.07, 6.45) is 1.08. The van der Waals surface area contributed by atoms with Crippen LogP contribution in [0.3, 0.4) is 0 Å². The van der Waals surface area contributed by atoms with Gasteiger partial charge < -0.3 is 5.32 Å². The third-order valence-electron chi connectivity index (χ3n) is 1.33. The lowest BCUT2D eigenvalue weighted by molar-refractivity contribution is -0.120. The highest BCUT2D eigenvalue weighted by Crippen LogP contribution is 1.97. The molecular formula is C6H13NO4S. The van der Waals surface area contributed by atoms with Crippen LogP contribution in [0.2, 0.25) is 0 Å². The molecule has 1 amide bonds. The Balaban J connectivity index is 3.40. The van der Waals surface area contributed by atoms with Gasteiger partial charge in [-0.05, 0) is 12.8 Å². The molecule has 0 aromatic heterocycles. The van der Waals surface area contributed by atoms with Gasteiger partial charge in [0.2, 0.25) is 5.91 Å². The molecule has 0 aliphatic heterocycles. The zero-order chi connectivity index (χ0) is 9.61. The van der Waals surface area contributed by atoms with Crippen LogP contribution in [0.15, 0.2) is 0 Å². The van der Waals surface area contributed by atoms with Gasteiger partial charge in [0.15, 0.2) is 0 Å². The van der Waals surface area contributed by atoms with Crippen molar-refractivity contribution in [2.45, 2.75) is 19.3 Å². The van der Waals surface area contributed by atoms with Crippen LogP contribution < -0.4 is 5.32 Å². The van der Waals surface area contributed by atoms with Crippen LogP contribution in [-0.2, 0) is 14.9 Å². The van der Waals surface area contributed by atoms with Crippen LogP contribution in [0.4, 0.5) is 0 Å². The van der Waals surface area contributed by atoms with Gasteiger partial charge in [-0.25, -0.2) is 0 Å². The Bertz CT molecular complexity index is 234. The van der Waals surface area contributed by atoms with Crippen molar-refractivity contribution in [2.24, 2.45) is 0 Å². The summed E-state index contributed by atoms with van der Waals surface area (Å²) >= 11 is 0. The van der Waals surface area contributed by atoms with Gasteiger partial charge in [0.1, 0.15) is 0 Å². The molecule has 0 radical (unpaired) electrons. The van der Waals surface area contributed by atoms with Gasteiger partial charge in [0, 0.05) is 13.5 Å². The predicted molar refractivity (Wildman–Crippen MR) is 44.3 cm³/mol. The average molecular weight is 195 g/mol. The van der Waals surface area contributed by atoms with E-state index in [-0.39, 0.29) is 11.7 Å². The fourth-order valence-electron chi connectivity index (χ4n) is 0.695. The summed E-state index contributed by atoms with van der Waals surface area (Å²) in [5.74, 6) is -0.394. The predicted octanol–water partition coefficient (Wildman–Crippen LogP) is -0.209. The van der Waals surface area contributed by atoms with Gasteiger partial charge >= 0.3 is 0 Å². The summed E-state index contributed by atoms with van der Waals surface area (Å²) < 4.78 is 28.7. The number of rotatable bonds is 5. The maximum Gasteiger partial charge on any atom is 0.264 e. The Morgan fingerprint density at radius 1 is 1.42 bits per heavy atom. The fraction of sp³-hybridized carbons (Fsp3) is 0.833. The van der Waals surface area contributed by atoms with Gasteiger partial charge in [-0.1, -0.05) is 0 Å². The van der Waals surface area contributed by atoms with E-state index in [0.717, 1.165) is 0 Å². The third kappa shape index (κ3) is 7.49. The van der Waals surface area contributed by atoms with Crippen LogP contribution in [0.5, 0.6) is 0 Å². The number of hydrogen-bond acceptors (Lipinski definition) is 3. The summed E-state index contributed by atoms with van der Waals surface area (Å²) in [4.78, 5) is 10.6. The minimum Gasteiger partial charge on any atom is -0.359 e. The SMILES string of the molecule is CNC(=O)CCCCS(=O)(=O)O. The molecule has 0 rings (SSSR count). The largest absolute Gasteiger partial charge is 0.359 e. The molecule has 0 aromatic carbocycles. The van der Waals surface area contributed by atoms with E-state index in [1.165, 1.54) is 7.05 Å². The van der Waals surface area contributed by atoms with Crippen molar-refractivity contribution in [3.05, 3.63) is 0 Å². The lowest BCUT2D eigenvalue weighted by atomic mass is 10.2. The van der Waals surface area contributed by atoms with E-state index in [1.54, 1.807) is 0 Å². The number of carbonyl (C=O) groups is 1. The number of carbonyl (C=O) groups excluding carboxylic acids is 1. The van der Waals surface area contributed by atoms with Gasteiger partial charge in [-0.15, -0.1) is 0 Å². The lowest BCUT2D eigenvalue weighted by Gasteiger charge is -1.98. The Morgan fingerprint density at radius 2 is 2.00 bits per heavy atom. The molecule has 0 aliphatic carbocycles. The van der Waals surface area contributed by atoms with Crippen molar-refractivity contribution in [1.29, 1.82) is 0 Å². The molecule has 0 unspecified atom stereocenters. The van der Waals surface area contributed by atoms with Crippen molar-refractivity contribution in [3.63, 3.8) is 0 Å². The molecule has 12 heavy (non-hydrogen) atoms. The van der Waals surface area contributed by atoms with Crippen molar-refractivity contribution >= 4 is 16.0 Å². The summed E-state index contributed by atoms with van der Waals surface area (Å²) in [5.41, 5.74) is 0. The topological polar surface area (TPSA) is 83.5 Å². The number of nitrogens with one attached hydrogen (secondary N) is 1. The summed E-state index contributed by atoms with van der Waals surface area (Å²) in [7, 11) is -2.34. The monoisotopic (exact) mass is 195 g/mol. The fourth-order valence-corrected chi connectivity index (χ4v) is 1.26. The molecule has 0 fully saturated rings. The van der Waals surface area contributed by atoms with E-state index >= 15 is 0 Å². The quantitative estimate of drug-likeness (QED) is 0.469. The Labute approximate surface area is 71.9 Å². The normalized spacial score (nSPS) is 11.2. The molecule has 0 spiro atoms. The van der Waals surface area contributed by atoms with Gasteiger partial charge in [0.05, 0.1) is 5.75 Å². The molecule has 0 bridgehead atoms. The third-order valence-corrected chi connectivity index (χ3v) is 2.14. The first-order chi connectivity index (χ1) is 5.45. The van der Waals surface area contributed by atoms with Crippen molar-refractivity contribution in [3.8, 4) is 0 Å². The van der Waals surface area contributed by atoms with Crippen molar-refractivity contribution in [2.75, 3.05) is 12.8 Å². The van der Waals surface area contributed by atoms with Crippen LogP contribution in [0, 0.1) is 0 Å². The zero-order valence-electron chi connectivity index (χ0n) is 6.91. The molecule has 2 N–H and O–H groups in total. The first-order valence-corrected chi connectivity index (χ1v) is 5.22. The molecular weight excluding hydrogens is 182 g/mol. The summed E-state index contributed by atoms with van der Waals surface area (Å²) in [6.45, 7) is 0. The number of unbranched alkanes of at least 4 members (excludes halogenated alkanes) is 1. The van der Waals surface area contributed by atoms with Gasteiger partial charge in [-0.2, -0.15) is 8.42 Å². The van der Waals surface area contributed by atoms with E-state index in [0.29, 0.717) is 19.3 Å². The van der Waals surface area contributed by atoms with Crippen LogP contribution in [0.25, 0.3) is 0 Å². The Hall–Kier alpha value is -0.620. The maximum atomic E-state index is 10.6. The average Bonchev–Trinajstić information content (AvgIpc) is 1.96. The highest BCUT2D eigenvalue weighted by atomic mass is 32.2. The molecule has 0 heterocycles. The van der Waals surface area contributed by atoms with Gasteiger partial charge in [-0.3, -0.25) is 9.35 Å². The minimum absolute atomic E-state index is 0.120. The lowest BCUT2D eigenvalue weighted by Crippen LogP contribution is -2.17.